The third-order valence-electron chi connectivity index (χ3n) is 3.16. The molecule has 2 heterocycles. The van der Waals surface area contributed by atoms with E-state index >= 15 is 0 Å². The number of nitrogens with one attached hydrogen (secondary N) is 1. The number of methoxy groups -OCH3 is 1. The number of benzene rings is 1. The number of amides is 1. The molecule has 1 atom stereocenters. The summed E-state index contributed by atoms with van der Waals surface area (Å²) >= 11 is 0. The second kappa shape index (κ2) is 5.80. The van der Waals surface area contributed by atoms with Crippen LogP contribution in [0.4, 0.5) is 0 Å². The van der Waals surface area contributed by atoms with Crippen LogP contribution in [0.1, 0.15) is 22.4 Å². The first-order valence-electron chi connectivity index (χ1n) is 6.48. The van der Waals surface area contributed by atoms with Gasteiger partial charge in [-0.25, -0.2) is 0 Å². The van der Waals surface area contributed by atoms with Crippen LogP contribution < -0.4 is 5.32 Å². The zero-order chi connectivity index (χ0) is 14.7. The molecule has 0 bridgehead atoms. The van der Waals surface area contributed by atoms with Crippen LogP contribution >= 0.6 is 0 Å². The standard InChI is InChI=1S/C15H14N2O4/c1-19-14(9-16-15(18)12-6-7-17-21-12)13-8-10-4-2-3-5-11(10)20-13/h2-8,14H,9H2,1H3,(H,16,18). The van der Waals surface area contributed by atoms with Gasteiger partial charge in [0.1, 0.15) is 17.4 Å². The van der Waals surface area contributed by atoms with Crippen molar-refractivity contribution in [3.8, 4) is 0 Å². The fourth-order valence-corrected chi connectivity index (χ4v) is 2.07. The second-order valence-electron chi connectivity index (χ2n) is 4.50. The van der Waals surface area contributed by atoms with Crippen LogP contribution in [0, 0.1) is 0 Å². The van der Waals surface area contributed by atoms with Gasteiger partial charge in [0.15, 0.2) is 0 Å². The van der Waals surface area contributed by atoms with E-state index in [-0.39, 0.29) is 24.3 Å². The number of hydrogen-bond donors (Lipinski definition) is 1. The highest BCUT2D eigenvalue weighted by Gasteiger charge is 2.18. The molecule has 0 saturated carbocycles. The number of carbonyl (C=O) groups excluding carboxylic acids is 1. The molecule has 0 radical (unpaired) electrons. The van der Waals surface area contributed by atoms with Gasteiger partial charge in [-0.05, 0) is 12.1 Å². The Balaban J connectivity index is 1.71. The highest BCUT2D eigenvalue weighted by Crippen LogP contribution is 2.25. The van der Waals surface area contributed by atoms with E-state index < -0.39 is 0 Å². The van der Waals surface area contributed by atoms with Crippen molar-refractivity contribution in [2.45, 2.75) is 6.10 Å². The predicted molar refractivity (Wildman–Crippen MR) is 74.8 cm³/mol. The summed E-state index contributed by atoms with van der Waals surface area (Å²) in [6.07, 6.45) is 1.05. The molecule has 3 aromatic rings. The normalized spacial score (nSPS) is 12.4. The topological polar surface area (TPSA) is 77.5 Å². The first kappa shape index (κ1) is 13.4. The molecule has 0 saturated heterocycles. The van der Waals surface area contributed by atoms with Gasteiger partial charge in [0.2, 0.25) is 5.76 Å². The van der Waals surface area contributed by atoms with Gasteiger partial charge < -0.3 is 19.0 Å². The lowest BCUT2D eigenvalue weighted by Gasteiger charge is -2.12. The molecular weight excluding hydrogens is 272 g/mol. The van der Waals surface area contributed by atoms with E-state index in [1.165, 1.54) is 12.3 Å². The molecule has 6 nitrogen and oxygen atoms in total. The zero-order valence-corrected chi connectivity index (χ0v) is 11.4. The van der Waals surface area contributed by atoms with Crippen molar-refractivity contribution in [3.63, 3.8) is 0 Å². The number of furan rings is 1. The number of aromatic nitrogens is 1. The molecule has 108 valence electrons. The van der Waals surface area contributed by atoms with Crippen molar-refractivity contribution in [2.24, 2.45) is 0 Å². The van der Waals surface area contributed by atoms with Crippen molar-refractivity contribution >= 4 is 16.9 Å². The lowest BCUT2D eigenvalue weighted by molar-refractivity contribution is 0.0728. The van der Waals surface area contributed by atoms with E-state index in [4.69, 9.17) is 13.7 Å². The molecule has 21 heavy (non-hydrogen) atoms. The third kappa shape index (κ3) is 2.80. The number of carbonyl (C=O) groups is 1. The van der Waals surface area contributed by atoms with Crippen LogP contribution in [-0.4, -0.2) is 24.7 Å². The van der Waals surface area contributed by atoms with Crippen LogP contribution in [0.3, 0.4) is 0 Å². The molecule has 1 aromatic carbocycles. The van der Waals surface area contributed by atoms with Crippen molar-refractivity contribution in [1.82, 2.24) is 10.5 Å². The molecule has 2 aromatic heterocycles. The summed E-state index contributed by atoms with van der Waals surface area (Å²) < 4.78 is 15.9. The van der Waals surface area contributed by atoms with Crippen LogP contribution in [-0.2, 0) is 4.74 Å². The molecule has 0 aliphatic carbocycles. The molecule has 1 amide bonds. The van der Waals surface area contributed by atoms with Crippen LogP contribution in [0.15, 0.2) is 51.5 Å². The fraction of sp³-hybridized carbons (Fsp3) is 0.200. The van der Waals surface area contributed by atoms with Gasteiger partial charge in [-0.1, -0.05) is 23.4 Å². The van der Waals surface area contributed by atoms with Crippen molar-refractivity contribution < 1.29 is 18.5 Å². The summed E-state index contributed by atoms with van der Waals surface area (Å²) in [7, 11) is 1.57. The van der Waals surface area contributed by atoms with E-state index in [2.05, 4.69) is 10.5 Å². The Morgan fingerprint density at radius 2 is 2.24 bits per heavy atom. The maximum Gasteiger partial charge on any atom is 0.289 e. The monoisotopic (exact) mass is 286 g/mol. The smallest absolute Gasteiger partial charge is 0.289 e. The Labute approximate surface area is 120 Å². The summed E-state index contributed by atoms with van der Waals surface area (Å²) in [5, 5.41) is 7.21. The second-order valence-corrected chi connectivity index (χ2v) is 4.50. The average Bonchev–Trinajstić information content (AvgIpc) is 3.17. The van der Waals surface area contributed by atoms with Gasteiger partial charge in [0.25, 0.3) is 5.91 Å². The summed E-state index contributed by atoms with van der Waals surface area (Å²) in [6, 6.07) is 11.1. The number of hydrogen-bond acceptors (Lipinski definition) is 5. The Hall–Kier alpha value is -2.60. The zero-order valence-electron chi connectivity index (χ0n) is 11.4. The molecule has 3 rings (SSSR count). The number of nitrogens with zero attached hydrogens (tertiary/aromatic N) is 1. The summed E-state index contributed by atoms with van der Waals surface area (Å²) in [5.74, 6) is 0.483. The number of fused-ring (bicyclic) bond motifs is 1. The maximum absolute atomic E-state index is 11.8. The predicted octanol–water partition coefficient (Wildman–Crippen LogP) is 2.54. The molecular formula is C15H14N2O4. The highest BCUT2D eigenvalue weighted by molar-refractivity contribution is 5.91. The quantitative estimate of drug-likeness (QED) is 0.779. The molecule has 0 aliphatic rings. The van der Waals surface area contributed by atoms with Gasteiger partial charge in [-0.2, -0.15) is 0 Å². The van der Waals surface area contributed by atoms with E-state index in [9.17, 15) is 4.79 Å². The Morgan fingerprint density at radius 3 is 2.95 bits per heavy atom. The fourth-order valence-electron chi connectivity index (χ4n) is 2.07. The van der Waals surface area contributed by atoms with E-state index in [1.54, 1.807) is 7.11 Å². The van der Waals surface area contributed by atoms with E-state index in [0.717, 1.165) is 11.0 Å². The Bertz CT molecular complexity index is 700. The minimum Gasteiger partial charge on any atom is -0.458 e. The Kier molecular flexibility index (Phi) is 3.70. The lowest BCUT2D eigenvalue weighted by atomic mass is 10.2. The molecule has 6 heteroatoms. The summed E-state index contributed by atoms with van der Waals surface area (Å²) in [6.45, 7) is 0.274. The number of rotatable bonds is 5. The number of ether oxygens (including phenoxy) is 1. The van der Waals surface area contributed by atoms with Crippen molar-refractivity contribution in [2.75, 3.05) is 13.7 Å². The third-order valence-corrected chi connectivity index (χ3v) is 3.16. The molecule has 1 unspecified atom stereocenters. The average molecular weight is 286 g/mol. The maximum atomic E-state index is 11.8. The first-order chi connectivity index (χ1) is 10.3. The highest BCUT2D eigenvalue weighted by atomic mass is 16.5. The van der Waals surface area contributed by atoms with E-state index in [0.29, 0.717) is 5.76 Å². The minimum atomic E-state index is -0.371. The minimum absolute atomic E-state index is 0.162. The van der Waals surface area contributed by atoms with Gasteiger partial charge >= 0.3 is 0 Å². The SMILES string of the molecule is COC(CNC(=O)c1ccno1)c1cc2ccccc2o1. The number of para-hydroxylation sites is 1. The largest absolute Gasteiger partial charge is 0.458 e. The molecule has 0 fully saturated rings. The molecule has 0 spiro atoms. The molecule has 0 aliphatic heterocycles. The van der Waals surface area contributed by atoms with E-state index in [1.807, 2.05) is 30.3 Å². The Morgan fingerprint density at radius 1 is 1.38 bits per heavy atom. The van der Waals surface area contributed by atoms with Gasteiger partial charge in [-0.15, -0.1) is 0 Å². The van der Waals surface area contributed by atoms with Gasteiger partial charge in [0, 0.05) is 18.6 Å². The summed E-state index contributed by atoms with van der Waals surface area (Å²) in [5.41, 5.74) is 0.788. The first-order valence-corrected chi connectivity index (χ1v) is 6.48. The van der Waals surface area contributed by atoms with Gasteiger partial charge in [0.05, 0.1) is 12.7 Å². The molecule has 1 N–H and O–H groups in total. The van der Waals surface area contributed by atoms with Crippen molar-refractivity contribution in [3.05, 3.63) is 54.1 Å². The van der Waals surface area contributed by atoms with Crippen LogP contribution in [0.25, 0.3) is 11.0 Å². The van der Waals surface area contributed by atoms with Crippen LogP contribution in [0.2, 0.25) is 0 Å². The lowest BCUT2D eigenvalue weighted by Crippen LogP contribution is -2.28. The van der Waals surface area contributed by atoms with Gasteiger partial charge in [-0.3, -0.25) is 4.79 Å². The van der Waals surface area contributed by atoms with Crippen LogP contribution in [0.5, 0.6) is 0 Å². The summed E-state index contributed by atoms with van der Waals surface area (Å²) in [4.78, 5) is 11.8. The van der Waals surface area contributed by atoms with Crippen molar-refractivity contribution in [1.29, 1.82) is 0 Å².